The Morgan fingerprint density at radius 2 is 1.21 bits per heavy atom. The van der Waals surface area contributed by atoms with Gasteiger partial charge in [-0.1, -0.05) is 0 Å². The van der Waals surface area contributed by atoms with Crippen LogP contribution in [0.3, 0.4) is 0 Å². The van der Waals surface area contributed by atoms with Crippen LogP contribution in [-0.4, -0.2) is 109 Å². The van der Waals surface area contributed by atoms with Crippen molar-refractivity contribution in [3.63, 3.8) is 0 Å². The van der Waals surface area contributed by atoms with Gasteiger partial charge in [-0.3, -0.25) is 9.69 Å². The average molecular weight is 470 g/mol. The van der Waals surface area contributed by atoms with Gasteiger partial charge in [-0.25, -0.2) is 4.79 Å². The predicted molar refractivity (Wildman–Crippen MR) is 119 cm³/mol. The second kappa shape index (κ2) is 17.4. The molecule has 1 aromatic carbocycles. The summed E-state index contributed by atoms with van der Waals surface area (Å²) in [5, 5.41) is 0. The minimum atomic E-state index is -0.434. The monoisotopic (exact) mass is 469 g/mol. The number of carbonyl (C=O) groups is 2. The highest BCUT2D eigenvalue weighted by atomic mass is 16.6. The maximum absolute atomic E-state index is 12.3. The number of benzene rings is 1. The SMILES string of the molecule is CC(=O)Oc1ccc(C(=O)OCCN2CCOCCOCCOCCOCCOCC2)cc1. The normalized spacial score (nSPS) is 18.6. The fraction of sp³-hybridized carbons (Fsp3) is 0.652. The molecule has 2 rings (SSSR count). The zero-order valence-electron chi connectivity index (χ0n) is 19.3. The van der Waals surface area contributed by atoms with Crippen molar-refractivity contribution in [2.45, 2.75) is 6.92 Å². The Balaban J connectivity index is 1.72. The van der Waals surface area contributed by atoms with Gasteiger partial charge in [0.1, 0.15) is 12.4 Å². The first-order chi connectivity index (χ1) is 16.1. The van der Waals surface area contributed by atoms with Crippen LogP contribution in [0.5, 0.6) is 5.75 Å². The van der Waals surface area contributed by atoms with Crippen LogP contribution < -0.4 is 4.74 Å². The van der Waals surface area contributed by atoms with E-state index >= 15 is 0 Å². The fourth-order valence-corrected chi connectivity index (χ4v) is 2.88. The molecule has 10 nitrogen and oxygen atoms in total. The van der Waals surface area contributed by atoms with Gasteiger partial charge >= 0.3 is 11.9 Å². The Morgan fingerprint density at radius 1 is 0.758 bits per heavy atom. The fourth-order valence-electron chi connectivity index (χ4n) is 2.88. The number of carbonyl (C=O) groups excluding carboxylic acids is 2. The molecule has 0 amide bonds. The summed E-state index contributed by atoms with van der Waals surface area (Å²) in [6.45, 7) is 8.67. The lowest BCUT2D eigenvalue weighted by molar-refractivity contribution is -0.131. The molecule has 0 aromatic heterocycles. The van der Waals surface area contributed by atoms with Crippen LogP contribution in [0.4, 0.5) is 0 Å². The first-order valence-corrected chi connectivity index (χ1v) is 11.2. The number of ether oxygens (including phenoxy) is 7. The summed E-state index contributed by atoms with van der Waals surface area (Å²) in [7, 11) is 0. The van der Waals surface area contributed by atoms with Crippen molar-refractivity contribution in [1.29, 1.82) is 0 Å². The Bertz CT molecular complexity index is 650. The van der Waals surface area contributed by atoms with E-state index in [0.717, 1.165) is 0 Å². The second-order valence-electron chi connectivity index (χ2n) is 7.16. The van der Waals surface area contributed by atoms with Crippen LogP contribution in [0.25, 0.3) is 0 Å². The molecule has 0 N–H and O–H groups in total. The highest BCUT2D eigenvalue weighted by Crippen LogP contribution is 2.13. The molecule has 0 radical (unpaired) electrons. The number of rotatable bonds is 5. The molecule has 0 bridgehead atoms. The van der Waals surface area contributed by atoms with Crippen molar-refractivity contribution in [3.05, 3.63) is 29.8 Å². The molecule has 10 heteroatoms. The van der Waals surface area contributed by atoms with E-state index in [4.69, 9.17) is 33.2 Å². The van der Waals surface area contributed by atoms with Crippen LogP contribution in [0, 0.1) is 0 Å². The van der Waals surface area contributed by atoms with E-state index in [9.17, 15) is 9.59 Å². The molecule has 0 aliphatic carbocycles. The van der Waals surface area contributed by atoms with Gasteiger partial charge in [0.2, 0.25) is 0 Å². The van der Waals surface area contributed by atoms with Gasteiger partial charge in [0.25, 0.3) is 0 Å². The minimum Gasteiger partial charge on any atom is -0.461 e. The molecule has 1 aromatic rings. The summed E-state index contributed by atoms with van der Waals surface area (Å²) in [6.07, 6.45) is 0. The number of hydrogen-bond donors (Lipinski definition) is 0. The van der Waals surface area contributed by atoms with Gasteiger partial charge in [0.05, 0.1) is 71.6 Å². The third kappa shape index (κ3) is 13.3. The van der Waals surface area contributed by atoms with Crippen molar-refractivity contribution >= 4 is 11.9 Å². The topological polar surface area (TPSA) is 102 Å². The first-order valence-electron chi connectivity index (χ1n) is 11.2. The summed E-state index contributed by atoms with van der Waals surface area (Å²) in [5.74, 6) is -0.467. The standard InChI is InChI=1S/C23H35NO9/c1-20(25)33-22-4-2-21(3-5-22)23(26)32-11-8-24-6-9-27-12-14-29-16-18-31-19-17-30-15-13-28-10-7-24/h2-5H,6-19H2,1H3. The van der Waals surface area contributed by atoms with Crippen LogP contribution in [0.2, 0.25) is 0 Å². The summed E-state index contributed by atoms with van der Waals surface area (Å²) < 4.78 is 37.9. The highest BCUT2D eigenvalue weighted by molar-refractivity contribution is 5.89. The third-order valence-corrected chi connectivity index (χ3v) is 4.58. The van der Waals surface area contributed by atoms with E-state index in [1.54, 1.807) is 24.3 Å². The molecule has 0 atom stereocenters. The van der Waals surface area contributed by atoms with Gasteiger partial charge in [0.15, 0.2) is 0 Å². The molecule has 1 heterocycles. The third-order valence-electron chi connectivity index (χ3n) is 4.58. The van der Waals surface area contributed by atoms with E-state index in [-0.39, 0.29) is 6.61 Å². The molecule has 33 heavy (non-hydrogen) atoms. The lowest BCUT2D eigenvalue weighted by Crippen LogP contribution is -2.35. The van der Waals surface area contributed by atoms with Crippen molar-refractivity contribution in [1.82, 2.24) is 4.90 Å². The Morgan fingerprint density at radius 3 is 1.67 bits per heavy atom. The van der Waals surface area contributed by atoms with Crippen molar-refractivity contribution < 1.29 is 42.7 Å². The van der Waals surface area contributed by atoms with Gasteiger partial charge < -0.3 is 33.2 Å². The van der Waals surface area contributed by atoms with E-state index in [1.807, 2.05) is 0 Å². The minimum absolute atomic E-state index is 0.233. The molecule has 0 unspecified atom stereocenters. The largest absolute Gasteiger partial charge is 0.461 e. The van der Waals surface area contributed by atoms with Gasteiger partial charge in [-0.05, 0) is 24.3 Å². The lowest BCUT2D eigenvalue weighted by Gasteiger charge is -2.22. The molecular weight excluding hydrogens is 434 g/mol. The van der Waals surface area contributed by atoms with Crippen molar-refractivity contribution in [3.8, 4) is 5.75 Å². The summed E-state index contributed by atoms with van der Waals surface area (Å²) in [4.78, 5) is 25.4. The first kappa shape index (κ1) is 27.2. The molecule has 0 spiro atoms. The lowest BCUT2D eigenvalue weighted by atomic mass is 10.2. The average Bonchev–Trinajstić information content (AvgIpc) is 2.80. The summed E-state index contributed by atoms with van der Waals surface area (Å²) in [5.41, 5.74) is 0.391. The molecular formula is C23H35NO9. The molecule has 1 aliphatic rings. The smallest absolute Gasteiger partial charge is 0.338 e. The van der Waals surface area contributed by atoms with Crippen LogP contribution in [-0.2, 0) is 33.2 Å². The zero-order valence-corrected chi connectivity index (χ0v) is 19.3. The quantitative estimate of drug-likeness (QED) is 0.461. The van der Waals surface area contributed by atoms with Crippen molar-refractivity contribution in [2.75, 3.05) is 92.3 Å². The van der Waals surface area contributed by atoms with E-state index in [2.05, 4.69) is 4.90 Å². The van der Waals surface area contributed by atoms with Crippen LogP contribution in [0.15, 0.2) is 24.3 Å². The number of nitrogens with zero attached hydrogens (tertiary/aromatic N) is 1. The molecule has 1 fully saturated rings. The van der Waals surface area contributed by atoms with Gasteiger partial charge in [-0.2, -0.15) is 0 Å². The van der Waals surface area contributed by atoms with E-state index < -0.39 is 11.9 Å². The Labute approximate surface area is 195 Å². The maximum Gasteiger partial charge on any atom is 0.338 e. The Kier molecular flexibility index (Phi) is 14.3. The molecule has 0 saturated carbocycles. The van der Waals surface area contributed by atoms with E-state index in [0.29, 0.717) is 97.0 Å². The zero-order chi connectivity index (χ0) is 23.6. The van der Waals surface area contributed by atoms with Gasteiger partial charge in [-0.15, -0.1) is 0 Å². The molecule has 1 aliphatic heterocycles. The maximum atomic E-state index is 12.3. The predicted octanol–water partition coefficient (Wildman–Crippen LogP) is 1.17. The van der Waals surface area contributed by atoms with E-state index in [1.165, 1.54) is 6.92 Å². The second-order valence-corrected chi connectivity index (χ2v) is 7.16. The highest BCUT2D eigenvalue weighted by Gasteiger charge is 2.11. The van der Waals surface area contributed by atoms with Gasteiger partial charge in [0, 0.05) is 26.6 Å². The molecule has 186 valence electrons. The number of hydrogen-bond acceptors (Lipinski definition) is 10. The summed E-state index contributed by atoms with van der Waals surface area (Å²) >= 11 is 0. The van der Waals surface area contributed by atoms with Crippen LogP contribution >= 0.6 is 0 Å². The molecule has 1 saturated heterocycles. The van der Waals surface area contributed by atoms with Crippen LogP contribution in [0.1, 0.15) is 17.3 Å². The Hall–Kier alpha value is -2.08. The number of esters is 2. The summed E-state index contributed by atoms with van der Waals surface area (Å²) in [6, 6.07) is 6.25. The van der Waals surface area contributed by atoms with Crippen molar-refractivity contribution in [2.24, 2.45) is 0 Å².